The fraction of sp³-hybridized carbons (Fsp3) is 0.333. The Morgan fingerprint density at radius 1 is 1.14 bits per heavy atom. The molecule has 0 radical (unpaired) electrons. The average Bonchev–Trinajstić information content (AvgIpc) is 2.78. The van der Waals surface area contributed by atoms with Crippen molar-refractivity contribution in [2.24, 2.45) is 0 Å². The van der Waals surface area contributed by atoms with Crippen molar-refractivity contribution in [3.63, 3.8) is 0 Å². The van der Waals surface area contributed by atoms with E-state index in [2.05, 4.69) is 5.32 Å². The topological polar surface area (TPSA) is 35.5 Å². The first-order valence-electron chi connectivity index (χ1n) is 9.92. The Labute approximate surface area is 134 Å². The van der Waals surface area contributed by atoms with Crippen LogP contribution in [0.15, 0.2) is 42.5 Å². The molecule has 0 atom stereocenters. The Kier molecular flexibility index (Phi) is 2.49. The van der Waals surface area contributed by atoms with Crippen LogP contribution in [-0.4, -0.2) is 25.1 Å². The zero-order valence-corrected chi connectivity index (χ0v) is 11.9. The molecule has 3 rings (SSSR count). The fourth-order valence-corrected chi connectivity index (χ4v) is 2.60. The predicted molar refractivity (Wildman–Crippen MR) is 87.5 cm³/mol. The third kappa shape index (κ3) is 2.88. The Bertz CT molecular complexity index is 855. The molecule has 21 heavy (non-hydrogen) atoms. The molecule has 1 heterocycles. The summed E-state index contributed by atoms with van der Waals surface area (Å²) in [6.07, 6.45) is -1.75. The number of anilines is 2. The van der Waals surface area contributed by atoms with E-state index in [1.165, 1.54) is 18.0 Å². The number of benzene rings is 2. The lowest BCUT2D eigenvalue weighted by atomic mass is 10.0. The molecule has 1 aliphatic rings. The number of para-hydroxylation sites is 1. The van der Waals surface area contributed by atoms with Crippen LogP contribution >= 0.6 is 0 Å². The van der Waals surface area contributed by atoms with E-state index in [1.54, 1.807) is 24.3 Å². The minimum Gasteiger partial charge on any atom is -0.508 e. The molecule has 2 aromatic carbocycles. The van der Waals surface area contributed by atoms with Gasteiger partial charge in [-0.25, -0.2) is 0 Å². The molecule has 0 saturated heterocycles. The van der Waals surface area contributed by atoms with E-state index >= 15 is 0 Å². The van der Waals surface area contributed by atoms with E-state index in [0.717, 1.165) is 5.56 Å². The van der Waals surface area contributed by atoms with E-state index in [1.807, 2.05) is 12.1 Å². The maximum absolute atomic E-state index is 9.86. The lowest BCUT2D eigenvalue weighted by molar-refractivity contribution is 0.474. The summed E-state index contributed by atoms with van der Waals surface area (Å²) >= 11 is 0. The number of phenols is 1. The third-order valence-electron chi connectivity index (χ3n) is 3.56. The molecule has 0 aliphatic carbocycles. The minimum atomic E-state index is -2.90. The zero-order valence-electron chi connectivity index (χ0n) is 17.9. The minimum absolute atomic E-state index is 0.0498. The molecule has 0 aromatic heterocycles. The van der Waals surface area contributed by atoms with Gasteiger partial charge < -0.3 is 15.3 Å². The van der Waals surface area contributed by atoms with Gasteiger partial charge in [0.25, 0.3) is 0 Å². The van der Waals surface area contributed by atoms with Crippen molar-refractivity contribution >= 4 is 11.4 Å². The molecule has 0 fully saturated rings. The summed E-state index contributed by atoms with van der Waals surface area (Å²) in [6.45, 7) is -5.35. The van der Waals surface area contributed by atoms with Crippen LogP contribution < -0.4 is 10.2 Å². The number of aryl methyl sites for hydroxylation is 2. The van der Waals surface area contributed by atoms with Gasteiger partial charge in [0.05, 0.1) is 0 Å². The quantitative estimate of drug-likeness (QED) is 0.906. The first-order valence-corrected chi connectivity index (χ1v) is 6.92. The third-order valence-corrected chi connectivity index (χ3v) is 3.56. The van der Waals surface area contributed by atoms with Crippen LogP contribution in [0.2, 0.25) is 0 Å². The number of hydrogen-bond donors (Lipinski definition) is 2. The molecule has 0 amide bonds. The normalized spacial score (nSPS) is 19.8. The Morgan fingerprint density at radius 3 is 2.76 bits per heavy atom. The van der Waals surface area contributed by atoms with Crippen molar-refractivity contribution in [2.45, 2.75) is 19.2 Å². The summed E-state index contributed by atoms with van der Waals surface area (Å²) in [5.74, 6) is 0.0498. The second-order valence-electron chi connectivity index (χ2n) is 4.89. The van der Waals surface area contributed by atoms with Gasteiger partial charge >= 0.3 is 0 Å². The van der Waals surface area contributed by atoms with Gasteiger partial charge in [0, 0.05) is 26.1 Å². The first-order chi connectivity index (χ1) is 12.5. The summed E-state index contributed by atoms with van der Waals surface area (Å²) in [5.41, 5.74) is 2.41. The van der Waals surface area contributed by atoms with Gasteiger partial charge in [-0.1, -0.05) is 18.2 Å². The van der Waals surface area contributed by atoms with E-state index in [9.17, 15) is 5.11 Å². The second kappa shape index (κ2) is 6.19. The van der Waals surface area contributed by atoms with Gasteiger partial charge in [0.2, 0.25) is 0 Å². The summed E-state index contributed by atoms with van der Waals surface area (Å²) < 4.78 is 50.0. The summed E-state index contributed by atoms with van der Waals surface area (Å²) in [5, 5.41) is 12.1. The van der Waals surface area contributed by atoms with E-state index < -0.39 is 19.4 Å². The van der Waals surface area contributed by atoms with Crippen LogP contribution in [0.3, 0.4) is 0 Å². The highest BCUT2D eigenvalue weighted by Crippen LogP contribution is 2.37. The number of rotatable bonds is 4. The maximum atomic E-state index is 9.86. The Morgan fingerprint density at radius 2 is 1.90 bits per heavy atom. The van der Waals surface area contributed by atoms with Crippen molar-refractivity contribution < 1.29 is 13.3 Å². The van der Waals surface area contributed by atoms with Crippen molar-refractivity contribution in [1.29, 1.82) is 0 Å². The fourth-order valence-electron chi connectivity index (χ4n) is 2.60. The SMILES string of the molecule is [2H]C([2H])(NC)C([2H])([2H])C([2H])([2H])N1c2ccccc2CCc2cc(O)ccc21. The smallest absolute Gasteiger partial charge is 0.116 e. The highest BCUT2D eigenvalue weighted by molar-refractivity contribution is 5.71. The summed E-state index contributed by atoms with van der Waals surface area (Å²) in [4.78, 5) is 1.22. The molecule has 3 heteroatoms. The summed E-state index contributed by atoms with van der Waals surface area (Å²) in [7, 11) is 1.26. The van der Waals surface area contributed by atoms with E-state index in [-0.39, 0.29) is 5.75 Å². The van der Waals surface area contributed by atoms with Gasteiger partial charge in [0.15, 0.2) is 0 Å². The standard InChI is InChI=1S/C18H22N2O/c1-19-11-4-12-20-17-6-3-2-5-14(17)7-8-15-13-16(21)9-10-18(15)20/h2-3,5-6,9-10,13,19,21H,4,7-8,11-12H2,1H3/i4D2,11D2,12D2. The lowest BCUT2D eigenvalue weighted by Crippen LogP contribution is -2.23. The van der Waals surface area contributed by atoms with Crippen LogP contribution in [0.4, 0.5) is 11.4 Å². The van der Waals surface area contributed by atoms with Crippen LogP contribution in [0.1, 0.15) is 25.7 Å². The van der Waals surface area contributed by atoms with Crippen molar-refractivity contribution in [1.82, 2.24) is 5.32 Å². The maximum Gasteiger partial charge on any atom is 0.116 e. The number of hydrogen-bond acceptors (Lipinski definition) is 3. The highest BCUT2D eigenvalue weighted by Gasteiger charge is 2.20. The van der Waals surface area contributed by atoms with Crippen molar-refractivity contribution in [3.8, 4) is 5.75 Å². The molecule has 0 unspecified atom stereocenters. The van der Waals surface area contributed by atoms with Gasteiger partial charge in [0.1, 0.15) is 5.75 Å². The number of nitrogens with one attached hydrogen (secondary N) is 1. The average molecular weight is 288 g/mol. The van der Waals surface area contributed by atoms with Crippen LogP contribution in [0.5, 0.6) is 5.75 Å². The van der Waals surface area contributed by atoms with Gasteiger partial charge in [-0.15, -0.1) is 0 Å². The highest BCUT2D eigenvalue weighted by atomic mass is 16.3. The molecule has 3 nitrogen and oxygen atoms in total. The van der Waals surface area contributed by atoms with Crippen molar-refractivity contribution in [3.05, 3.63) is 53.6 Å². The Balaban J connectivity index is 2.27. The number of phenolic OH excluding ortho intramolecular Hbond substituents is 1. The molecular formula is C18H22N2O. The van der Waals surface area contributed by atoms with Crippen LogP contribution in [0.25, 0.3) is 0 Å². The molecule has 1 aliphatic heterocycles. The monoisotopic (exact) mass is 288 g/mol. The number of aromatic hydroxyl groups is 1. The predicted octanol–water partition coefficient (Wildman–Crippen LogP) is 3.24. The van der Waals surface area contributed by atoms with Crippen LogP contribution in [-0.2, 0) is 12.8 Å². The van der Waals surface area contributed by atoms with Gasteiger partial charge in [-0.05, 0) is 68.2 Å². The summed E-state index contributed by atoms with van der Waals surface area (Å²) in [6, 6.07) is 11.7. The van der Waals surface area contributed by atoms with E-state index in [4.69, 9.17) is 8.22 Å². The van der Waals surface area contributed by atoms with Gasteiger partial charge in [-0.2, -0.15) is 0 Å². The molecule has 0 spiro atoms. The second-order valence-corrected chi connectivity index (χ2v) is 4.89. The molecule has 2 N–H and O–H groups in total. The van der Waals surface area contributed by atoms with Gasteiger partial charge in [-0.3, -0.25) is 0 Å². The molecule has 0 bridgehead atoms. The van der Waals surface area contributed by atoms with Crippen molar-refractivity contribution in [2.75, 3.05) is 24.9 Å². The zero-order chi connectivity index (χ0) is 20.0. The molecule has 2 aromatic rings. The first kappa shape index (κ1) is 8.44. The number of fused-ring (bicyclic) bond motifs is 2. The number of nitrogens with zero attached hydrogens (tertiary/aromatic N) is 1. The Hall–Kier alpha value is -2.00. The van der Waals surface area contributed by atoms with Crippen LogP contribution in [0, 0.1) is 0 Å². The molecule has 0 saturated carbocycles. The lowest BCUT2D eigenvalue weighted by Gasteiger charge is -2.27. The molecule has 110 valence electrons. The molecular weight excluding hydrogens is 260 g/mol. The van der Waals surface area contributed by atoms with E-state index in [0.29, 0.717) is 29.8 Å². The largest absolute Gasteiger partial charge is 0.508 e.